The lowest BCUT2D eigenvalue weighted by Crippen LogP contribution is -2.52. The molecule has 0 aromatic carbocycles. The molecule has 0 saturated carbocycles. The van der Waals surface area contributed by atoms with Gasteiger partial charge in [0, 0.05) is 35.1 Å². The zero-order valence-electron chi connectivity index (χ0n) is 16.1. The summed E-state index contributed by atoms with van der Waals surface area (Å²) >= 11 is 3.40. The van der Waals surface area contributed by atoms with Crippen molar-refractivity contribution in [3.05, 3.63) is 56.1 Å². The van der Waals surface area contributed by atoms with Crippen LogP contribution in [0.5, 0.6) is 0 Å². The molecule has 3 rings (SSSR count). The number of hydrogen-bond acceptors (Lipinski definition) is 6. The molecular formula is C20H25N3O3S2. The smallest absolute Gasteiger partial charge is 0.337 e. The quantitative estimate of drug-likeness (QED) is 0.608. The summed E-state index contributed by atoms with van der Waals surface area (Å²) < 4.78 is 5.27. The van der Waals surface area contributed by atoms with E-state index in [1.165, 1.54) is 9.75 Å². The van der Waals surface area contributed by atoms with Crippen molar-refractivity contribution in [2.75, 3.05) is 13.2 Å². The second-order valence-corrected chi connectivity index (χ2v) is 8.54. The van der Waals surface area contributed by atoms with E-state index in [9.17, 15) is 9.59 Å². The first-order valence-corrected chi connectivity index (χ1v) is 11.1. The molecule has 0 aliphatic carbocycles. The molecule has 150 valence electrons. The van der Waals surface area contributed by atoms with Crippen LogP contribution in [-0.2, 0) is 22.6 Å². The van der Waals surface area contributed by atoms with Crippen LogP contribution in [0, 0.1) is 0 Å². The van der Waals surface area contributed by atoms with Crippen molar-refractivity contribution < 1.29 is 14.3 Å². The van der Waals surface area contributed by atoms with E-state index >= 15 is 0 Å². The van der Waals surface area contributed by atoms with Crippen LogP contribution >= 0.6 is 22.7 Å². The van der Waals surface area contributed by atoms with Crippen LogP contribution in [0.3, 0.4) is 0 Å². The molecule has 0 fully saturated rings. The Hall–Kier alpha value is -2.16. The standard InChI is InChI=1S/C20H25N3O3S2/c1-3-16-18(19(24)26-4-2)17(22-20(25)21-16)13-23(11-14-7-5-9-27-14)12-15-8-6-10-28-15/h5-10,16H,3-4,11-13H2,1-2H3,(H2,21,22,25). The number of nitrogens with one attached hydrogen (secondary N) is 2. The highest BCUT2D eigenvalue weighted by molar-refractivity contribution is 7.10. The van der Waals surface area contributed by atoms with Gasteiger partial charge in [-0.1, -0.05) is 19.1 Å². The largest absolute Gasteiger partial charge is 0.463 e. The molecule has 0 spiro atoms. The predicted octanol–water partition coefficient (Wildman–Crippen LogP) is 3.72. The lowest BCUT2D eigenvalue weighted by Gasteiger charge is -2.31. The molecule has 3 heterocycles. The van der Waals surface area contributed by atoms with Gasteiger partial charge in [0.2, 0.25) is 0 Å². The van der Waals surface area contributed by atoms with Crippen molar-refractivity contribution in [2.24, 2.45) is 0 Å². The lowest BCUT2D eigenvalue weighted by atomic mass is 10.00. The van der Waals surface area contributed by atoms with Crippen molar-refractivity contribution in [2.45, 2.75) is 39.4 Å². The first-order chi connectivity index (χ1) is 13.6. The molecule has 2 aromatic heterocycles. The second kappa shape index (κ2) is 9.86. The van der Waals surface area contributed by atoms with Gasteiger partial charge in [-0.15, -0.1) is 22.7 Å². The maximum absolute atomic E-state index is 12.6. The first kappa shape index (κ1) is 20.6. The maximum atomic E-state index is 12.6. The fraction of sp³-hybridized carbons (Fsp3) is 0.400. The van der Waals surface area contributed by atoms with Crippen molar-refractivity contribution >= 4 is 34.7 Å². The van der Waals surface area contributed by atoms with E-state index in [-0.39, 0.29) is 18.0 Å². The number of nitrogens with zero attached hydrogens (tertiary/aromatic N) is 1. The molecular weight excluding hydrogens is 394 g/mol. The van der Waals surface area contributed by atoms with Crippen LogP contribution in [0.25, 0.3) is 0 Å². The van der Waals surface area contributed by atoms with E-state index in [1.54, 1.807) is 29.6 Å². The number of urea groups is 1. The van der Waals surface area contributed by atoms with Crippen LogP contribution in [0.2, 0.25) is 0 Å². The minimum atomic E-state index is -0.371. The van der Waals surface area contributed by atoms with Crippen LogP contribution in [0.1, 0.15) is 30.0 Å². The summed E-state index contributed by atoms with van der Waals surface area (Å²) in [6.07, 6.45) is 0.626. The zero-order chi connectivity index (χ0) is 19.9. The molecule has 1 atom stereocenters. The van der Waals surface area contributed by atoms with Gasteiger partial charge in [0.1, 0.15) is 0 Å². The third-order valence-electron chi connectivity index (χ3n) is 4.45. The summed E-state index contributed by atoms with van der Waals surface area (Å²) in [6, 6.07) is 7.65. The molecule has 0 saturated heterocycles. The Bertz CT molecular complexity index is 780. The van der Waals surface area contributed by atoms with E-state index in [2.05, 4.69) is 38.4 Å². The highest BCUT2D eigenvalue weighted by atomic mass is 32.1. The summed E-state index contributed by atoms with van der Waals surface area (Å²) in [4.78, 5) is 29.5. The number of carbonyl (C=O) groups excluding carboxylic acids is 2. The highest BCUT2D eigenvalue weighted by Gasteiger charge is 2.32. The normalized spacial score (nSPS) is 16.8. The van der Waals surface area contributed by atoms with Gasteiger partial charge in [0.25, 0.3) is 0 Å². The number of carbonyl (C=O) groups is 2. The number of amides is 2. The Morgan fingerprint density at radius 3 is 2.25 bits per heavy atom. The van der Waals surface area contributed by atoms with E-state index in [0.29, 0.717) is 30.8 Å². The van der Waals surface area contributed by atoms with Crippen molar-refractivity contribution in [3.63, 3.8) is 0 Å². The van der Waals surface area contributed by atoms with Gasteiger partial charge in [-0.25, -0.2) is 9.59 Å². The number of rotatable bonds is 9. The summed E-state index contributed by atoms with van der Waals surface area (Å²) in [7, 11) is 0. The van der Waals surface area contributed by atoms with Crippen molar-refractivity contribution in [3.8, 4) is 0 Å². The molecule has 1 unspecified atom stereocenters. The van der Waals surface area contributed by atoms with Gasteiger partial charge >= 0.3 is 12.0 Å². The van der Waals surface area contributed by atoms with Crippen molar-refractivity contribution in [1.29, 1.82) is 0 Å². The molecule has 0 bridgehead atoms. The van der Waals surface area contributed by atoms with Gasteiger partial charge in [-0.05, 0) is 36.2 Å². The van der Waals surface area contributed by atoms with Crippen LogP contribution < -0.4 is 10.6 Å². The van der Waals surface area contributed by atoms with E-state index in [4.69, 9.17) is 4.74 Å². The fourth-order valence-corrected chi connectivity index (χ4v) is 4.72. The van der Waals surface area contributed by atoms with Crippen LogP contribution in [0.15, 0.2) is 46.3 Å². The van der Waals surface area contributed by atoms with E-state index in [1.807, 2.05) is 19.1 Å². The van der Waals surface area contributed by atoms with Crippen LogP contribution in [0.4, 0.5) is 4.79 Å². The SMILES string of the molecule is CCOC(=O)C1=C(CN(Cc2cccs2)Cc2cccs2)NC(=O)NC1CC. The first-order valence-electron chi connectivity index (χ1n) is 9.35. The molecule has 28 heavy (non-hydrogen) atoms. The summed E-state index contributed by atoms with van der Waals surface area (Å²) in [5, 5.41) is 9.79. The number of hydrogen-bond donors (Lipinski definition) is 2. The fourth-order valence-electron chi connectivity index (χ4n) is 3.22. The van der Waals surface area contributed by atoms with E-state index < -0.39 is 0 Å². The topological polar surface area (TPSA) is 70.7 Å². The summed E-state index contributed by atoms with van der Waals surface area (Å²) in [5.74, 6) is -0.371. The Kier molecular flexibility index (Phi) is 7.24. The molecule has 1 aliphatic rings. The molecule has 2 aromatic rings. The Balaban J connectivity index is 1.89. The molecule has 2 N–H and O–H groups in total. The molecule has 1 aliphatic heterocycles. The third-order valence-corrected chi connectivity index (χ3v) is 6.17. The van der Waals surface area contributed by atoms with Crippen LogP contribution in [-0.4, -0.2) is 36.1 Å². The highest BCUT2D eigenvalue weighted by Crippen LogP contribution is 2.22. The van der Waals surface area contributed by atoms with Gasteiger partial charge in [0.05, 0.1) is 18.2 Å². The predicted molar refractivity (Wildman–Crippen MR) is 112 cm³/mol. The minimum Gasteiger partial charge on any atom is -0.463 e. The monoisotopic (exact) mass is 419 g/mol. The molecule has 0 radical (unpaired) electrons. The van der Waals surface area contributed by atoms with Gasteiger partial charge in [-0.3, -0.25) is 4.90 Å². The number of thiophene rings is 2. The summed E-state index contributed by atoms with van der Waals surface area (Å²) in [6.45, 7) is 5.99. The van der Waals surface area contributed by atoms with Gasteiger partial charge in [0.15, 0.2) is 0 Å². The van der Waals surface area contributed by atoms with E-state index in [0.717, 1.165) is 13.1 Å². The Labute approximate surface area is 173 Å². The average Bonchev–Trinajstić information content (AvgIpc) is 3.35. The van der Waals surface area contributed by atoms with Crippen molar-refractivity contribution in [1.82, 2.24) is 15.5 Å². The zero-order valence-corrected chi connectivity index (χ0v) is 17.7. The number of esters is 1. The molecule has 8 heteroatoms. The Morgan fingerprint density at radius 2 is 1.75 bits per heavy atom. The average molecular weight is 420 g/mol. The second-order valence-electron chi connectivity index (χ2n) is 6.48. The third kappa shape index (κ3) is 5.21. The summed E-state index contributed by atoms with van der Waals surface area (Å²) in [5.41, 5.74) is 1.15. The maximum Gasteiger partial charge on any atom is 0.337 e. The van der Waals surface area contributed by atoms with Gasteiger partial charge in [-0.2, -0.15) is 0 Å². The molecule has 2 amide bonds. The minimum absolute atomic E-state index is 0.276. The Morgan fingerprint density at radius 1 is 1.11 bits per heavy atom. The molecule has 6 nitrogen and oxygen atoms in total. The number of ether oxygens (including phenoxy) is 1. The lowest BCUT2D eigenvalue weighted by molar-refractivity contribution is -0.139. The van der Waals surface area contributed by atoms with Gasteiger partial charge < -0.3 is 15.4 Å².